The Morgan fingerprint density at radius 1 is 1.32 bits per heavy atom. The molecule has 1 saturated heterocycles. The molecule has 4 heterocycles. The van der Waals surface area contributed by atoms with Gasteiger partial charge in [-0.05, 0) is 31.9 Å². The number of urea groups is 1. The maximum atomic E-state index is 13.1. The lowest BCUT2D eigenvalue weighted by Crippen LogP contribution is -2.40. The summed E-state index contributed by atoms with van der Waals surface area (Å²) in [5.41, 5.74) is 5.89. The zero-order chi connectivity index (χ0) is 20.1. The van der Waals surface area contributed by atoms with E-state index in [0.717, 1.165) is 24.6 Å². The summed E-state index contributed by atoms with van der Waals surface area (Å²) < 4.78 is 41.3. The number of hydrogen-bond donors (Lipinski definition) is 2. The van der Waals surface area contributed by atoms with E-state index in [9.17, 15) is 18.0 Å². The molecule has 3 N–H and O–H groups in total. The zero-order valence-electron chi connectivity index (χ0n) is 15.4. The Balaban J connectivity index is 1.64. The van der Waals surface area contributed by atoms with Crippen molar-refractivity contribution in [1.29, 1.82) is 0 Å². The second-order valence-corrected chi connectivity index (χ2v) is 7.33. The molecule has 1 fully saturated rings. The maximum Gasteiger partial charge on any atom is 0.419 e. The van der Waals surface area contributed by atoms with E-state index in [1.165, 1.54) is 6.20 Å². The first kappa shape index (κ1) is 18.6. The van der Waals surface area contributed by atoms with Crippen LogP contribution in [-0.2, 0) is 18.1 Å². The van der Waals surface area contributed by atoms with Gasteiger partial charge in [-0.3, -0.25) is 4.68 Å². The van der Waals surface area contributed by atoms with E-state index in [4.69, 9.17) is 5.73 Å². The van der Waals surface area contributed by atoms with Gasteiger partial charge in [0, 0.05) is 49.0 Å². The number of anilines is 1. The summed E-state index contributed by atoms with van der Waals surface area (Å²) in [4.78, 5) is 17.6. The van der Waals surface area contributed by atoms with Gasteiger partial charge in [-0.1, -0.05) is 0 Å². The summed E-state index contributed by atoms with van der Waals surface area (Å²) >= 11 is 0. The molecule has 28 heavy (non-hydrogen) atoms. The van der Waals surface area contributed by atoms with E-state index in [1.54, 1.807) is 4.90 Å². The highest BCUT2D eigenvalue weighted by Gasteiger charge is 2.47. The van der Waals surface area contributed by atoms with Crippen molar-refractivity contribution in [3.05, 3.63) is 29.6 Å². The summed E-state index contributed by atoms with van der Waals surface area (Å²) in [5, 5.41) is 7.30. The topological polar surface area (TPSA) is 89.1 Å². The molecule has 2 aliphatic rings. The van der Waals surface area contributed by atoms with Crippen molar-refractivity contribution in [3.8, 4) is 11.3 Å². The molecule has 7 nitrogen and oxygen atoms in total. The first-order valence-corrected chi connectivity index (χ1v) is 9.18. The van der Waals surface area contributed by atoms with Crippen LogP contribution in [0.1, 0.15) is 31.0 Å². The van der Waals surface area contributed by atoms with E-state index in [2.05, 4.69) is 15.4 Å². The zero-order valence-corrected chi connectivity index (χ0v) is 15.4. The van der Waals surface area contributed by atoms with Crippen LogP contribution < -0.4 is 11.1 Å². The van der Waals surface area contributed by atoms with Gasteiger partial charge in [-0.2, -0.15) is 18.3 Å². The minimum Gasteiger partial charge on any atom is -0.383 e. The standard InChI is InChI=1S/C18H21F3N6O/c1-2-23-16(28)26-5-3-17(10-26)4-6-27-14(17)8-13(25-27)11-7-12(18(19,20)21)15(22)24-9-11/h7-9H,2-6,10H2,1H3,(H2,22,24)(H,23,28). The number of nitrogens with zero attached hydrogens (tertiary/aromatic N) is 4. The number of carbonyl (C=O) groups excluding carboxylic acids is 1. The van der Waals surface area contributed by atoms with Gasteiger partial charge in [-0.25, -0.2) is 9.78 Å². The number of nitrogens with two attached hydrogens (primary N) is 1. The number of amides is 2. The van der Waals surface area contributed by atoms with E-state index in [0.29, 0.717) is 31.9 Å². The average molecular weight is 394 g/mol. The quantitative estimate of drug-likeness (QED) is 0.820. The van der Waals surface area contributed by atoms with Gasteiger partial charge < -0.3 is 16.0 Å². The fourth-order valence-electron chi connectivity index (χ4n) is 4.17. The molecule has 1 unspecified atom stereocenters. The van der Waals surface area contributed by atoms with Crippen molar-refractivity contribution in [1.82, 2.24) is 25.0 Å². The van der Waals surface area contributed by atoms with Crippen LogP contribution in [0.3, 0.4) is 0 Å². The van der Waals surface area contributed by atoms with Crippen LogP contribution in [0.15, 0.2) is 18.3 Å². The molecule has 0 aliphatic carbocycles. The Hall–Kier alpha value is -2.78. The number of aromatic nitrogens is 3. The lowest BCUT2D eigenvalue weighted by atomic mass is 9.82. The number of aryl methyl sites for hydroxylation is 1. The molecule has 0 radical (unpaired) electrons. The van der Waals surface area contributed by atoms with E-state index < -0.39 is 17.6 Å². The number of likely N-dealkylation sites (tertiary alicyclic amines) is 1. The van der Waals surface area contributed by atoms with Gasteiger partial charge in [0.15, 0.2) is 0 Å². The molecule has 2 aliphatic heterocycles. The number of pyridine rings is 1. The Kier molecular flexibility index (Phi) is 4.24. The third kappa shape index (κ3) is 2.96. The SMILES string of the molecule is CCNC(=O)N1CCC2(CCn3nc(-c4cnc(N)c(C(F)(F)F)c4)cc32)C1. The molecule has 2 aromatic heterocycles. The molecule has 1 atom stereocenters. The molecule has 1 spiro atoms. The van der Waals surface area contributed by atoms with Crippen LogP contribution in [-0.4, -0.2) is 45.3 Å². The van der Waals surface area contributed by atoms with Crippen molar-refractivity contribution < 1.29 is 18.0 Å². The van der Waals surface area contributed by atoms with Crippen LogP contribution in [0.4, 0.5) is 23.8 Å². The van der Waals surface area contributed by atoms with Gasteiger partial charge >= 0.3 is 12.2 Å². The molecule has 0 bridgehead atoms. The predicted molar refractivity (Wildman–Crippen MR) is 96.4 cm³/mol. The Bertz CT molecular complexity index is 925. The molecule has 4 rings (SSSR count). The first-order valence-electron chi connectivity index (χ1n) is 9.18. The second-order valence-electron chi connectivity index (χ2n) is 7.33. The van der Waals surface area contributed by atoms with Crippen molar-refractivity contribution in [2.45, 2.75) is 37.9 Å². The largest absolute Gasteiger partial charge is 0.419 e. The van der Waals surface area contributed by atoms with Crippen molar-refractivity contribution in [3.63, 3.8) is 0 Å². The smallest absolute Gasteiger partial charge is 0.383 e. The number of nitrogen functional groups attached to an aromatic ring is 1. The molecule has 2 amide bonds. The van der Waals surface area contributed by atoms with E-state index >= 15 is 0 Å². The minimum atomic E-state index is -4.57. The van der Waals surface area contributed by atoms with Gasteiger partial charge in [0.25, 0.3) is 0 Å². The average Bonchev–Trinajstić information content (AvgIpc) is 3.32. The van der Waals surface area contributed by atoms with E-state index in [-0.39, 0.29) is 17.0 Å². The lowest BCUT2D eigenvalue weighted by molar-refractivity contribution is -0.137. The predicted octanol–water partition coefficient (Wildman–Crippen LogP) is 2.62. The van der Waals surface area contributed by atoms with Crippen molar-refractivity contribution in [2.75, 3.05) is 25.4 Å². The summed E-state index contributed by atoms with van der Waals surface area (Å²) in [5.74, 6) is -0.548. The van der Waals surface area contributed by atoms with Crippen LogP contribution in [0.2, 0.25) is 0 Å². The van der Waals surface area contributed by atoms with Crippen LogP contribution in [0.25, 0.3) is 11.3 Å². The molecule has 2 aromatic rings. The van der Waals surface area contributed by atoms with Crippen molar-refractivity contribution >= 4 is 11.8 Å². The fraction of sp³-hybridized carbons (Fsp3) is 0.500. The summed E-state index contributed by atoms with van der Waals surface area (Å²) in [6.07, 6.45) is -1.59. The summed E-state index contributed by atoms with van der Waals surface area (Å²) in [6.45, 7) is 4.34. The lowest BCUT2D eigenvalue weighted by Gasteiger charge is -2.23. The number of fused-ring (bicyclic) bond motifs is 2. The first-order chi connectivity index (χ1) is 13.2. The maximum absolute atomic E-state index is 13.1. The van der Waals surface area contributed by atoms with Crippen LogP contribution in [0.5, 0.6) is 0 Å². The number of rotatable bonds is 2. The molecule has 0 aromatic carbocycles. The number of hydrogen-bond acceptors (Lipinski definition) is 4. The molecular weight excluding hydrogens is 373 g/mol. The van der Waals surface area contributed by atoms with Gasteiger partial charge in [0.2, 0.25) is 0 Å². The number of alkyl halides is 3. The summed E-state index contributed by atoms with van der Waals surface area (Å²) in [7, 11) is 0. The van der Waals surface area contributed by atoms with Gasteiger partial charge in [-0.15, -0.1) is 0 Å². The van der Waals surface area contributed by atoms with Gasteiger partial charge in [0.1, 0.15) is 5.82 Å². The molecular formula is C18H21F3N6O. The summed E-state index contributed by atoms with van der Waals surface area (Å²) in [6, 6.07) is 2.72. The number of carbonyl (C=O) groups is 1. The molecule has 10 heteroatoms. The number of halogens is 3. The molecule has 150 valence electrons. The third-order valence-electron chi connectivity index (χ3n) is 5.61. The third-order valence-corrected chi connectivity index (χ3v) is 5.61. The minimum absolute atomic E-state index is 0.0879. The monoisotopic (exact) mass is 394 g/mol. The highest BCUT2D eigenvalue weighted by Crippen LogP contribution is 2.44. The Morgan fingerprint density at radius 3 is 2.79 bits per heavy atom. The van der Waals surface area contributed by atoms with E-state index in [1.807, 2.05) is 17.7 Å². The number of nitrogens with one attached hydrogen (secondary N) is 1. The highest BCUT2D eigenvalue weighted by atomic mass is 19.4. The highest BCUT2D eigenvalue weighted by molar-refractivity contribution is 5.74. The Morgan fingerprint density at radius 2 is 2.07 bits per heavy atom. The van der Waals surface area contributed by atoms with Gasteiger partial charge in [0.05, 0.1) is 11.3 Å². The van der Waals surface area contributed by atoms with Crippen molar-refractivity contribution in [2.24, 2.45) is 0 Å². The van der Waals surface area contributed by atoms with Crippen LogP contribution in [0, 0.1) is 0 Å². The normalized spacial score (nSPS) is 21.4. The van der Waals surface area contributed by atoms with Crippen LogP contribution >= 0.6 is 0 Å². The fourth-order valence-corrected chi connectivity index (χ4v) is 4.17. The molecule has 0 saturated carbocycles. The second kappa shape index (κ2) is 6.39. The Labute approximate surface area is 159 Å².